The number of hydrogen-bond donors (Lipinski definition) is 1. The first kappa shape index (κ1) is 17.5. The average molecular weight is 362 g/mol. The minimum Gasteiger partial charge on any atom is -0.342 e. The number of aromatic nitrogens is 2. The Morgan fingerprint density at radius 3 is 2.80 bits per heavy atom. The molecule has 132 valence electrons. The van der Waals surface area contributed by atoms with Crippen molar-refractivity contribution in [3.8, 4) is 0 Å². The topological polar surface area (TPSA) is 75.2 Å². The monoisotopic (exact) mass is 362 g/mol. The standard InChI is InChI=1S/C17H19FN4O2S/c1-2-14-20-21-17(25-14)19-16(24)12-9-15(23)22(10-12)8-7-11-3-5-13(18)6-4-11/h3-6,12H,2,7-10H2,1H3,(H,19,21,24)/t12-/m0/s1. The zero-order valence-corrected chi connectivity index (χ0v) is 14.7. The highest BCUT2D eigenvalue weighted by atomic mass is 32.1. The second kappa shape index (κ2) is 7.69. The van der Waals surface area contributed by atoms with Crippen LogP contribution in [0.4, 0.5) is 9.52 Å². The van der Waals surface area contributed by atoms with Crippen molar-refractivity contribution in [1.82, 2.24) is 15.1 Å². The van der Waals surface area contributed by atoms with Crippen LogP contribution in [0, 0.1) is 11.7 Å². The predicted octanol–water partition coefficient (Wildman–Crippen LogP) is 2.27. The van der Waals surface area contributed by atoms with Crippen molar-refractivity contribution in [2.75, 3.05) is 18.4 Å². The summed E-state index contributed by atoms with van der Waals surface area (Å²) < 4.78 is 12.9. The van der Waals surface area contributed by atoms with Crippen molar-refractivity contribution in [3.63, 3.8) is 0 Å². The van der Waals surface area contributed by atoms with Gasteiger partial charge >= 0.3 is 0 Å². The van der Waals surface area contributed by atoms with E-state index in [2.05, 4.69) is 15.5 Å². The molecule has 3 rings (SSSR count). The number of carbonyl (C=O) groups is 2. The lowest BCUT2D eigenvalue weighted by Gasteiger charge is -2.16. The molecule has 25 heavy (non-hydrogen) atoms. The van der Waals surface area contributed by atoms with Crippen molar-refractivity contribution >= 4 is 28.3 Å². The number of benzene rings is 1. The maximum Gasteiger partial charge on any atom is 0.231 e. The van der Waals surface area contributed by atoms with E-state index in [0.29, 0.717) is 24.6 Å². The van der Waals surface area contributed by atoms with E-state index in [0.717, 1.165) is 17.0 Å². The molecule has 1 N–H and O–H groups in total. The van der Waals surface area contributed by atoms with Crippen LogP contribution in [-0.2, 0) is 22.4 Å². The molecule has 0 aliphatic carbocycles. The third-order valence-corrected chi connectivity index (χ3v) is 5.15. The number of nitrogens with zero attached hydrogens (tertiary/aromatic N) is 3. The molecule has 0 saturated carbocycles. The van der Waals surface area contributed by atoms with Gasteiger partial charge in [0.25, 0.3) is 0 Å². The number of rotatable bonds is 6. The Kier molecular flexibility index (Phi) is 5.37. The zero-order valence-electron chi connectivity index (χ0n) is 13.9. The molecular weight excluding hydrogens is 343 g/mol. The lowest BCUT2D eigenvalue weighted by molar-refractivity contribution is -0.128. The summed E-state index contributed by atoms with van der Waals surface area (Å²) in [5.74, 6) is -0.888. The van der Waals surface area contributed by atoms with Crippen LogP contribution in [0.2, 0.25) is 0 Å². The largest absolute Gasteiger partial charge is 0.342 e. The molecule has 1 aromatic carbocycles. The Hall–Kier alpha value is -2.35. The van der Waals surface area contributed by atoms with E-state index in [1.165, 1.54) is 23.5 Å². The van der Waals surface area contributed by atoms with Gasteiger partial charge in [0, 0.05) is 19.5 Å². The highest BCUT2D eigenvalue weighted by Crippen LogP contribution is 2.22. The molecule has 2 amide bonds. The van der Waals surface area contributed by atoms with Crippen LogP contribution < -0.4 is 5.32 Å². The van der Waals surface area contributed by atoms with Crippen LogP contribution in [0.5, 0.6) is 0 Å². The molecule has 6 nitrogen and oxygen atoms in total. The quantitative estimate of drug-likeness (QED) is 0.855. The normalized spacial score (nSPS) is 17.1. The fraction of sp³-hybridized carbons (Fsp3) is 0.412. The summed E-state index contributed by atoms with van der Waals surface area (Å²) in [6, 6.07) is 6.23. The summed E-state index contributed by atoms with van der Waals surface area (Å²) in [7, 11) is 0. The van der Waals surface area contributed by atoms with Crippen molar-refractivity contribution in [2.45, 2.75) is 26.2 Å². The lowest BCUT2D eigenvalue weighted by Crippen LogP contribution is -2.30. The van der Waals surface area contributed by atoms with Gasteiger partial charge in [0.05, 0.1) is 5.92 Å². The highest BCUT2D eigenvalue weighted by Gasteiger charge is 2.34. The molecule has 0 bridgehead atoms. The summed E-state index contributed by atoms with van der Waals surface area (Å²) in [6.07, 6.45) is 1.61. The summed E-state index contributed by atoms with van der Waals surface area (Å²) in [5, 5.41) is 12.0. The summed E-state index contributed by atoms with van der Waals surface area (Å²) in [5.41, 5.74) is 0.961. The zero-order chi connectivity index (χ0) is 17.8. The lowest BCUT2D eigenvalue weighted by atomic mass is 10.1. The fourth-order valence-electron chi connectivity index (χ4n) is 2.73. The van der Waals surface area contributed by atoms with E-state index in [1.54, 1.807) is 17.0 Å². The average Bonchev–Trinajstić information content (AvgIpc) is 3.21. The van der Waals surface area contributed by atoms with Crippen molar-refractivity contribution in [2.24, 2.45) is 5.92 Å². The molecule has 1 aliphatic heterocycles. The van der Waals surface area contributed by atoms with Gasteiger partial charge in [0.2, 0.25) is 16.9 Å². The molecule has 0 unspecified atom stereocenters. The van der Waals surface area contributed by atoms with E-state index in [1.807, 2.05) is 6.92 Å². The van der Waals surface area contributed by atoms with E-state index in [-0.39, 0.29) is 30.0 Å². The summed E-state index contributed by atoms with van der Waals surface area (Å²) >= 11 is 1.35. The Morgan fingerprint density at radius 2 is 2.12 bits per heavy atom. The maximum absolute atomic E-state index is 12.9. The Balaban J connectivity index is 1.52. The van der Waals surface area contributed by atoms with Gasteiger partial charge in [-0.3, -0.25) is 9.59 Å². The molecule has 1 aromatic heterocycles. The number of hydrogen-bond acceptors (Lipinski definition) is 5. The third kappa shape index (κ3) is 4.39. The first-order valence-electron chi connectivity index (χ1n) is 8.20. The van der Waals surface area contributed by atoms with Crippen LogP contribution in [0.3, 0.4) is 0 Å². The molecule has 1 saturated heterocycles. The van der Waals surface area contributed by atoms with Crippen LogP contribution in [0.15, 0.2) is 24.3 Å². The van der Waals surface area contributed by atoms with Gasteiger partial charge in [-0.1, -0.05) is 30.4 Å². The molecule has 0 spiro atoms. The van der Waals surface area contributed by atoms with Gasteiger partial charge in [-0.05, 0) is 30.5 Å². The van der Waals surface area contributed by atoms with E-state index < -0.39 is 0 Å². The SMILES string of the molecule is CCc1nnc(NC(=O)[C@H]2CC(=O)N(CCc3ccc(F)cc3)C2)s1. The Morgan fingerprint density at radius 1 is 1.36 bits per heavy atom. The Labute approximate surface area is 149 Å². The smallest absolute Gasteiger partial charge is 0.231 e. The number of anilines is 1. The minimum absolute atomic E-state index is 0.0335. The van der Waals surface area contributed by atoms with Gasteiger partial charge in [0.1, 0.15) is 10.8 Å². The Bertz CT molecular complexity index is 762. The van der Waals surface area contributed by atoms with Gasteiger partial charge < -0.3 is 10.2 Å². The number of halogens is 1. The molecule has 1 aliphatic rings. The van der Waals surface area contributed by atoms with Crippen LogP contribution in [-0.4, -0.2) is 40.0 Å². The number of likely N-dealkylation sites (tertiary alicyclic amines) is 1. The number of nitrogens with one attached hydrogen (secondary N) is 1. The van der Waals surface area contributed by atoms with Gasteiger partial charge in [0.15, 0.2) is 0 Å². The number of carbonyl (C=O) groups excluding carboxylic acids is 2. The van der Waals surface area contributed by atoms with E-state index >= 15 is 0 Å². The second-order valence-electron chi connectivity index (χ2n) is 5.96. The highest BCUT2D eigenvalue weighted by molar-refractivity contribution is 7.15. The predicted molar refractivity (Wildman–Crippen MR) is 92.7 cm³/mol. The van der Waals surface area contributed by atoms with Crippen molar-refractivity contribution in [1.29, 1.82) is 0 Å². The molecular formula is C17H19FN4O2S. The van der Waals surface area contributed by atoms with Crippen molar-refractivity contribution < 1.29 is 14.0 Å². The minimum atomic E-state index is -0.380. The molecule has 1 atom stereocenters. The fourth-order valence-corrected chi connectivity index (χ4v) is 3.42. The molecule has 0 radical (unpaired) electrons. The molecule has 8 heteroatoms. The van der Waals surface area contributed by atoms with Crippen LogP contribution in [0.1, 0.15) is 23.9 Å². The van der Waals surface area contributed by atoms with Gasteiger partial charge in [-0.15, -0.1) is 10.2 Å². The summed E-state index contributed by atoms with van der Waals surface area (Å²) in [6.45, 7) is 2.89. The first-order chi connectivity index (χ1) is 12.0. The van der Waals surface area contributed by atoms with Crippen LogP contribution in [0.25, 0.3) is 0 Å². The van der Waals surface area contributed by atoms with Crippen LogP contribution >= 0.6 is 11.3 Å². The number of aryl methyl sites for hydroxylation is 1. The molecule has 2 heterocycles. The van der Waals surface area contributed by atoms with Gasteiger partial charge in [-0.25, -0.2) is 4.39 Å². The van der Waals surface area contributed by atoms with E-state index in [9.17, 15) is 14.0 Å². The maximum atomic E-state index is 12.9. The number of amides is 2. The molecule has 2 aromatic rings. The van der Waals surface area contributed by atoms with Crippen molar-refractivity contribution in [3.05, 3.63) is 40.7 Å². The second-order valence-corrected chi connectivity index (χ2v) is 7.02. The summed E-state index contributed by atoms with van der Waals surface area (Å²) in [4.78, 5) is 26.1. The molecule has 1 fully saturated rings. The first-order valence-corrected chi connectivity index (χ1v) is 9.02. The third-order valence-electron chi connectivity index (χ3n) is 4.17. The van der Waals surface area contributed by atoms with Gasteiger partial charge in [-0.2, -0.15) is 0 Å². The van der Waals surface area contributed by atoms with E-state index in [4.69, 9.17) is 0 Å².